The molecule has 6 nitrogen and oxygen atoms in total. The molecule has 1 aliphatic rings. The Kier molecular flexibility index (Phi) is 6.07. The van der Waals surface area contributed by atoms with Gasteiger partial charge in [0, 0.05) is 31.9 Å². The number of aryl methyl sites for hydroxylation is 1. The van der Waals surface area contributed by atoms with E-state index in [0.717, 1.165) is 49.4 Å². The van der Waals surface area contributed by atoms with Crippen LogP contribution in [0.5, 0.6) is 0 Å². The summed E-state index contributed by atoms with van der Waals surface area (Å²) in [6.07, 6.45) is 7.15. The molecule has 4 rings (SSSR count). The second-order valence-corrected chi connectivity index (χ2v) is 7.63. The molecule has 0 aliphatic carbocycles. The Morgan fingerprint density at radius 1 is 1.20 bits per heavy atom. The quantitative estimate of drug-likeness (QED) is 0.377. The summed E-state index contributed by atoms with van der Waals surface area (Å²) in [5, 5.41) is 13.3. The van der Waals surface area contributed by atoms with Crippen molar-refractivity contribution in [3.05, 3.63) is 88.8 Å². The number of rotatable bonds is 6. The lowest BCUT2D eigenvalue weighted by atomic mass is 9.97. The Balaban J connectivity index is 1.37. The zero-order chi connectivity index (χ0) is 20.9. The molecule has 0 saturated heterocycles. The van der Waals surface area contributed by atoms with E-state index < -0.39 is 5.91 Å². The van der Waals surface area contributed by atoms with Gasteiger partial charge in [0.05, 0.1) is 11.4 Å². The van der Waals surface area contributed by atoms with Gasteiger partial charge in [-0.05, 0) is 60.2 Å². The summed E-state index contributed by atoms with van der Waals surface area (Å²) in [6.45, 7) is 5.02. The summed E-state index contributed by atoms with van der Waals surface area (Å²) in [5.74, 6) is -0.523. The Morgan fingerprint density at radius 3 is 2.83 bits per heavy atom. The van der Waals surface area contributed by atoms with Crippen molar-refractivity contribution >= 4 is 12.0 Å². The number of nitrogens with zero attached hydrogens (tertiary/aromatic N) is 3. The predicted molar refractivity (Wildman–Crippen MR) is 116 cm³/mol. The lowest BCUT2D eigenvalue weighted by Crippen LogP contribution is -2.32. The number of hydroxylamine groups is 1. The fraction of sp³-hybridized carbons (Fsp3) is 0.250. The molecule has 2 N–H and O–H groups in total. The third-order valence-corrected chi connectivity index (χ3v) is 5.58. The summed E-state index contributed by atoms with van der Waals surface area (Å²) >= 11 is 0. The van der Waals surface area contributed by atoms with Gasteiger partial charge in [0.25, 0.3) is 5.91 Å². The van der Waals surface area contributed by atoms with E-state index in [1.807, 2.05) is 28.9 Å². The zero-order valence-corrected chi connectivity index (χ0v) is 17.1. The number of nitrogens with one attached hydrogen (secondary N) is 1. The summed E-state index contributed by atoms with van der Waals surface area (Å²) in [4.78, 5) is 13.6. The van der Waals surface area contributed by atoms with Crippen molar-refractivity contribution in [3.63, 3.8) is 0 Å². The van der Waals surface area contributed by atoms with Crippen molar-refractivity contribution in [2.24, 2.45) is 0 Å². The molecule has 1 amide bonds. The van der Waals surface area contributed by atoms with Crippen molar-refractivity contribution in [2.45, 2.75) is 26.3 Å². The standard InChI is InChI=1S/C24H26N4O2/c1-18-21(17-28(25-18)23-5-3-2-4-6-23)12-14-27-13-11-20-15-19(7-9-22(20)16-27)8-10-24(29)26-30/h2-10,15,17,30H,11-14,16H2,1H3,(H,26,29). The van der Waals surface area contributed by atoms with Crippen LogP contribution >= 0.6 is 0 Å². The molecular weight excluding hydrogens is 376 g/mol. The van der Waals surface area contributed by atoms with E-state index >= 15 is 0 Å². The van der Waals surface area contributed by atoms with Crippen LogP contribution in [0.15, 0.2) is 60.8 Å². The highest BCUT2D eigenvalue weighted by Gasteiger charge is 2.17. The minimum absolute atomic E-state index is 0.523. The molecule has 0 atom stereocenters. The third-order valence-electron chi connectivity index (χ3n) is 5.58. The van der Waals surface area contributed by atoms with Gasteiger partial charge >= 0.3 is 0 Å². The topological polar surface area (TPSA) is 70.4 Å². The fourth-order valence-corrected chi connectivity index (χ4v) is 3.87. The molecule has 6 heteroatoms. The van der Waals surface area contributed by atoms with E-state index in [-0.39, 0.29) is 0 Å². The smallest absolute Gasteiger partial charge is 0.267 e. The monoisotopic (exact) mass is 402 g/mol. The number of benzene rings is 2. The van der Waals surface area contributed by atoms with E-state index in [1.165, 1.54) is 22.8 Å². The van der Waals surface area contributed by atoms with Crippen LogP contribution in [0, 0.1) is 6.92 Å². The van der Waals surface area contributed by atoms with Crippen molar-refractivity contribution in [1.29, 1.82) is 0 Å². The lowest BCUT2D eigenvalue weighted by Gasteiger charge is -2.29. The first-order valence-electron chi connectivity index (χ1n) is 10.2. The first-order valence-corrected chi connectivity index (χ1v) is 10.2. The average molecular weight is 402 g/mol. The van der Waals surface area contributed by atoms with Gasteiger partial charge < -0.3 is 0 Å². The molecule has 0 bridgehead atoms. The Hall–Kier alpha value is -3.22. The maximum atomic E-state index is 11.2. The highest BCUT2D eigenvalue weighted by atomic mass is 16.5. The van der Waals surface area contributed by atoms with Gasteiger partial charge in [0.15, 0.2) is 0 Å². The average Bonchev–Trinajstić information content (AvgIpc) is 3.17. The summed E-state index contributed by atoms with van der Waals surface area (Å²) < 4.78 is 1.96. The Bertz CT molecular complexity index is 1060. The van der Waals surface area contributed by atoms with Crippen molar-refractivity contribution in [3.8, 4) is 5.69 Å². The maximum absolute atomic E-state index is 11.2. The predicted octanol–water partition coefficient (Wildman–Crippen LogP) is 3.30. The number of amides is 1. The van der Waals surface area contributed by atoms with Gasteiger partial charge in [-0.15, -0.1) is 0 Å². The van der Waals surface area contributed by atoms with Gasteiger partial charge in [-0.2, -0.15) is 5.10 Å². The molecule has 1 aliphatic heterocycles. The first-order chi connectivity index (χ1) is 14.6. The van der Waals surface area contributed by atoms with Gasteiger partial charge in [0.1, 0.15) is 0 Å². The zero-order valence-electron chi connectivity index (χ0n) is 17.1. The molecular formula is C24H26N4O2. The lowest BCUT2D eigenvalue weighted by molar-refractivity contribution is -0.124. The highest BCUT2D eigenvalue weighted by Crippen LogP contribution is 2.22. The normalized spacial score (nSPS) is 14.1. The van der Waals surface area contributed by atoms with Gasteiger partial charge in [-0.1, -0.05) is 36.4 Å². The largest absolute Gasteiger partial charge is 0.298 e. The molecule has 0 spiro atoms. The number of para-hydroxylation sites is 1. The molecule has 154 valence electrons. The van der Waals surface area contributed by atoms with Crippen LogP contribution in [-0.4, -0.2) is 38.9 Å². The van der Waals surface area contributed by atoms with Gasteiger partial charge in [-0.25, -0.2) is 10.2 Å². The molecule has 0 radical (unpaired) electrons. The van der Waals surface area contributed by atoms with Crippen LogP contribution in [0.25, 0.3) is 11.8 Å². The fourth-order valence-electron chi connectivity index (χ4n) is 3.87. The number of carbonyl (C=O) groups excluding carboxylic acids is 1. The van der Waals surface area contributed by atoms with E-state index in [1.54, 1.807) is 11.6 Å². The second kappa shape index (κ2) is 9.07. The van der Waals surface area contributed by atoms with Crippen LogP contribution in [0.2, 0.25) is 0 Å². The van der Waals surface area contributed by atoms with Crippen molar-refractivity contribution in [1.82, 2.24) is 20.2 Å². The minimum atomic E-state index is -0.523. The van der Waals surface area contributed by atoms with E-state index in [0.29, 0.717) is 0 Å². The van der Waals surface area contributed by atoms with E-state index in [9.17, 15) is 4.79 Å². The summed E-state index contributed by atoms with van der Waals surface area (Å²) in [6, 6.07) is 16.5. The van der Waals surface area contributed by atoms with Crippen LogP contribution in [0.1, 0.15) is 27.9 Å². The first kappa shape index (κ1) is 20.1. The SMILES string of the molecule is Cc1nn(-c2ccccc2)cc1CCN1CCc2cc(C=CC(=O)NO)ccc2C1. The van der Waals surface area contributed by atoms with Crippen LogP contribution < -0.4 is 5.48 Å². The molecule has 1 aromatic heterocycles. The molecule has 2 heterocycles. The number of fused-ring (bicyclic) bond motifs is 1. The van der Waals surface area contributed by atoms with Gasteiger partial charge in [0.2, 0.25) is 0 Å². The Labute approximate surface area is 176 Å². The second-order valence-electron chi connectivity index (χ2n) is 7.63. The maximum Gasteiger partial charge on any atom is 0.267 e. The molecule has 0 unspecified atom stereocenters. The highest BCUT2D eigenvalue weighted by molar-refractivity contribution is 5.90. The number of hydrogen-bond donors (Lipinski definition) is 2. The number of hydrogen-bond acceptors (Lipinski definition) is 4. The molecule has 2 aromatic carbocycles. The number of aromatic nitrogens is 2. The van der Waals surface area contributed by atoms with Gasteiger partial charge in [-0.3, -0.25) is 14.9 Å². The minimum Gasteiger partial charge on any atom is -0.298 e. The van der Waals surface area contributed by atoms with Crippen LogP contribution in [-0.2, 0) is 24.2 Å². The summed E-state index contributed by atoms with van der Waals surface area (Å²) in [5.41, 5.74) is 8.69. The Morgan fingerprint density at radius 2 is 2.03 bits per heavy atom. The van der Waals surface area contributed by atoms with E-state index in [2.05, 4.69) is 47.4 Å². The van der Waals surface area contributed by atoms with Crippen LogP contribution in [0.4, 0.5) is 0 Å². The number of carbonyl (C=O) groups is 1. The van der Waals surface area contributed by atoms with E-state index in [4.69, 9.17) is 5.21 Å². The molecule has 3 aromatic rings. The molecule has 30 heavy (non-hydrogen) atoms. The van der Waals surface area contributed by atoms with Crippen molar-refractivity contribution < 1.29 is 10.0 Å². The van der Waals surface area contributed by atoms with Crippen LogP contribution in [0.3, 0.4) is 0 Å². The summed E-state index contributed by atoms with van der Waals surface area (Å²) in [7, 11) is 0. The third kappa shape index (κ3) is 4.67. The molecule has 0 saturated carbocycles. The molecule has 0 fully saturated rings. The van der Waals surface area contributed by atoms with Crippen molar-refractivity contribution in [2.75, 3.05) is 13.1 Å².